The summed E-state index contributed by atoms with van der Waals surface area (Å²) in [5.74, 6) is 0.396. The molecule has 0 spiro atoms. The number of hydrogen-bond donors (Lipinski definition) is 2. The molecule has 33 heavy (non-hydrogen) atoms. The molecule has 1 heterocycles. The van der Waals surface area contributed by atoms with Crippen molar-refractivity contribution in [2.45, 2.75) is 21.9 Å². The van der Waals surface area contributed by atoms with Gasteiger partial charge in [0, 0.05) is 21.9 Å². The first kappa shape index (κ1) is 23.0. The van der Waals surface area contributed by atoms with Gasteiger partial charge in [-0.05, 0) is 48.9 Å². The maximum absolute atomic E-state index is 12.7. The molecule has 0 aliphatic heterocycles. The first-order valence-corrected chi connectivity index (χ1v) is 13.2. The lowest BCUT2D eigenvalue weighted by molar-refractivity contribution is 0.102. The van der Waals surface area contributed by atoms with Gasteiger partial charge in [-0.25, -0.2) is 0 Å². The van der Waals surface area contributed by atoms with E-state index in [1.165, 1.54) is 4.90 Å². The Hall–Kier alpha value is -3.21. The van der Waals surface area contributed by atoms with Crippen LogP contribution in [0.2, 0.25) is 0 Å². The Morgan fingerprint density at radius 3 is 2.45 bits per heavy atom. The van der Waals surface area contributed by atoms with Gasteiger partial charge < -0.3 is 0 Å². The van der Waals surface area contributed by atoms with Gasteiger partial charge in [0.1, 0.15) is 0 Å². The number of aryl methyl sites for hydroxylation is 1. The van der Waals surface area contributed by atoms with Gasteiger partial charge in [0.15, 0.2) is 0 Å². The zero-order valence-corrected chi connectivity index (χ0v) is 20.0. The third-order valence-corrected chi connectivity index (χ3v) is 8.16. The normalized spacial score (nSPS) is 11.2. The summed E-state index contributed by atoms with van der Waals surface area (Å²) in [5, 5.41) is 10.2. The smallest absolute Gasteiger partial charge is 0.291 e. The standard InChI is InChI=1S/C23H20N4O3S3/c1-16-6-5-7-18(14-16)21(28)24-22-25-26-23(32-22)33(29,30)27-19-12-10-17(11-13-19)15-31-20-8-3-2-4-9-20/h2-14,27H,15H2,1H3,(H,24,25,28). The molecular formula is C23H20N4O3S3. The summed E-state index contributed by atoms with van der Waals surface area (Å²) in [6.07, 6.45) is 0. The predicted octanol–water partition coefficient (Wildman–Crippen LogP) is 5.19. The van der Waals surface area contributed by atoms with Crippen molar-refractivity contribution in [1.29, 1.82) is 0 Å². The van der Waals surface area contributed by atoms with Crippen molar-refractivity contribution < 1.29 is 13.2 Å². The topological polar surface area (TPSA) is 101 Å². The molecule has 168 valence electrons. The van der Waals surface area contributed by atoms with Gasteiger partial charge in [-0.1, -0.05) is 59.4 Å². The third kappa shape index (κ3) is 6.19. The summed E-state index contributed by atoms with van der Waals surface area (Å²) in [4.78, 5) is 13.5. The molecular weight excluding hydrogens is 476 g/mol. The van der Waals surface area contributed by atoms with Gasteiger partial charge in [-0.15, -0.1) is 22.0 Å². The van der Waals surface area contributed by atoms with E-state index in [4.69, 9.17) is 0 Å². The largest absolute Gasteiger partial charge is 0.296 e. The van der Waals surface area contributed by atoms with E-state index in [2.05, 4.69) is 20.2 Å². The number of carbonyl (C=O) groups is 1. The molecule has 1 amide bonds. The lowest BCUT2D eigenvalue weighted by Crippen LogP contribution is -2.12. The third-order valence-electron chi connectivity index (χ3n) is 4.49. The number of sulfonamides is 1. The van der Waals surface area contributed by atoms with Gasteiger partial charge in [-0.3, -0.25) is 14.8 Å². The van der Waals surface area contributed by atoms with E-state index in [1.807, 2.05) is 55.5 Å². The molecule has 0 fully saturated rings. The molecule has 7 nitrogen and oxygen atoms in total. The average molecular weight is 497 g/mol. The van der Waals surface area contributed by atoms with E-state index in [-0.39, 0.29) is 15.4 Å². The minimum atomic E-state index is -3.93. The first-order valence-electron chi connectivity index (χ1n) is 9.90. The molecule has 0 aliphatic carbocycles. The van der Waals surface area contributed by atoms with Crippen molar-refractivity contribution in [3.8, 4) is 0 Å². The van der Waals surface area contributed by atoms with Gasteiger partial charge >= 0.3 is 0 Å². The maximum atomic E-state index is 12.7. The number of rotatable bonds is 8. The highest BCUT2D eigenvalue weighted by Gasteiger charge is 2.21. The van der Waals surface area contributed by atoms with Gasteiger partial charge in [0.2, 0.25) is 5.13 Å². The molecule has 3 aromatic carbocycles. The molecule has 4 rings (SSSR count). The van der Waals surface area contributed by atoms with Crippen molar-refractivity contribution in [3.63, 3.8) is 0 Å². The SMILES string of the molecule is Cc1cccc(C(=O)Nc2nnc(S(=O)(=O)Nc3ccc(CSc4ccccc4)cc3)s2)c1. The number of thioether (sulfide) groups is 1. The molecule has 0 saturated heterocycles. The number of nitrogens with zero attached hydrogens (tertiary/aromatic N) is 2. The second-order valence-electron chi connectivity index (χ2n) is 7.10. The molecule has 1 aromatic heterocycles. The van der Waals surface area contributed by atoms with Gasteiger partial charge in [0.25, 0.3) is 20.3 Å². The summed E-state index contributed by atoms with van der Waals surface area (Å²) >= 11 is 2.49. The molecule has 0 saturated carbocycles. The fourth-order valence-corrected chi connectivity index (χ4v) is 5.71. The van der Waals surface area contributed by atoms with Crippen LogP contribution in [-0.2, 0) is 15.8 Å². The zero-order valence-electron chi connectivity index (χ0n) is 17.6. The Labute approximate surface area is 200 Å². The van der Waals surface area contributed by atoms with Gasteiger partial charge in [-0.2, -0.15) is 8.42 Å². The van der Waals surface area contributed by atoms with Crippen molar-refractivity contribution in [1.82, 2.24) is 10.2 Å². The highest BCUT2D eigenvalue weighted by molar-refractivity contribution is 7.98. The van der Waals surface area contributed by atoms with Crippen LogP contribution in [-0.4, -0.2) is 24.5 Å². The van der Waals surface area contributed by atoms with E-state index in [0.29, 0.717) is 11.3 Å². The lowest BCUT2D eigenvalue weighted by atomic mass is 10.1. The van der Waals surface area contributed by atoms with Crippen molar-refractivity contribution >= 4 is 49.8 Å². The van der Waals surface area contributed by atoms with Crippen LogP contribution in [0.15, 0.2) is 88.1 Å². The van der Waals surface area contributed by atoms with Gasteiger partial charge in [0.05, 0.1) is 0 Å². The molecule has 0 atom stereocenters. The number of carbonyl (C=O) groups excluding carboxylic acids is 1. The number of hydrogen-bond acceptors (Lipinski definition) is 7. The van der Waals surface area contributed by atoms with Crippen molar-refractivity contribution in [3.05, 3.63) is 95.6 Å². The second kappa shape index (κ2) is 10.2. The van der Waals surface area contributed by atoms with Crippen LogP contribution in [0.25, 0.3) is 0 Å². The summed E-state index contributed by atoms with van der Waals surface area (Å²) in [5.41, 5.74) is 2.89. The van der Waals surface area contributed by atoms with E-state index in [9.17, 15) is 13.2 Å². The van der Waals surface area contributed by atoms with Crippen LogP contribution in [0.1, 0.15) is 21.5 Å². The monoisotopic (exact) mass is 496 g/mol. The quantitative estimate of drug-likeness (QED) is 0.257. The molecule has 0 radical (unpaired) electrons. The molecule has 10 heteroatoms. The van der Waals surface area contributed by atoms with Crippen LogP contribution in [0.4, 0.5) is 10.8 Å². The van der Waals surface area contributed by atoms with E-state index >= 15 is 0 Å². The van der Waals surface area contributed by atoms with Crippen LogP contribution in [0.3, 0.4) is 0 Å². The number of nitrogens with one attached hydrogen (secondary N) is 2. The number of amides is 1. The Morgan fingerprint density at radius 1 is 0.970 bits per heavy atom. The number of anilines is 2. The van der Waals surface area contributed by atoms with E-state index < -0.39 is 10.0 Å². The summed E-state index contributed by atoms with van der Waals surface area (Å²) < 4.78 is 27.7. The van der Waals surface area contributed by atoms with Crippen molar-refractivity contribution in [2.24, 2.45) is 0 Å². The van der Waals surface area contributed by atoms with Crippen LogP contribution < -0.4 is 10.0 Å². The lowest BCUT2D eigenvalue weighted by Gasteiger charge is -2.07. The molecule has 4 aromatic rings. The van der Waals surface area contributed by atoms with Crippen LogP contribution >= 0.6 is 23.1 Å². The highest BCUT2D eigenvalue weighted by atomic mass is 32.2. The fourth-order valence-electron chi connectivity index (χ4n) is 2.88. The van der Waals surface area contributed by atoms with E-state index in [0.717, 1.165) is 28.2 Å². The summed E-state index contributed by atoms with van der Waals surface area (Å²) in [6.45, 7) is 1.88. The maximum Gasteiger partial charge on any atom is 0.291 e. The summed E-state index contributed by atoms with van der Waals surface area (Å²) in [6, 6.07) is 24.3. The molecule has 2 N–H and O–H groups in total. The highest BCUT2D eigenvalue weighted by Crippen LogP contribution is 2.25. The summed E-state index contributed by atoms with van der Waals surface area (Å²) in [7, 11) is -3.93. The van der Waals surface area contributed by atoms with Crippen LogP contribution in [0, 0.1) is 6.92 Å². The Morgan fingerprint density at radius 2 is 1.73 bits per heavy atom. The second-order valence-corrected chi connectivity index (χ2v) is 11.0. The Bertz CT molecular complexity index is 1360. The minimum Gasteiger partial charge on any atom is -0.296 e. The Kier molecular flexibility index (Phi) is 7.07. The number of aromatic nitrogens is 2. The van der Waals surface area contributed by atoms with Crippen LogP contribution in [0.5, 0.6) is 0 Å². The average Bonchev–Trinajstić information content (AvgIpc) is 3.29. The fraction of sp³-hybridized carbons (Fsp3) is 0.0870. The molecule has 0 unspecified atom stereocenters. The zero-order chi connectivity index (χ0) is 23.3. The molecule has 0 bridgehead atoms. The first-order chi connectivity index (χ1) is 15.9. The van der Waals surface area contributed by atoms with E-state index in [1.54, 1.807) is 42.1 Å². The Balaban J connectivity index is 1.37. The molecule has 0 aliphatic rings. The van der Waals surface area contributed by atoms with Crippen molar-refractivity contribution in [2.75, 3.05) is 10.0 Å². The minimum absolute atomic E-state index is 0.107. The number of benzene rings is 3. The predicted molar refractivity (Wildman–Crippen MR) is 132 cm³/mol.